The smallest absolute Gasteiger partial charge is 0.410 e. The van der Waals surface area contributed by atoms with Crippen LogP contribution in [0.5, 0.6) is 0 Å². The Balaban J connectivity index is 0.00000147. The van der Waals surface area contributed by atoms with E-state index in [1.165, 1.54) is 6.42 Å². The number of benzene rings is 1. The van der Waals surface area contributed by atoms with Crippen molar-refractivity contribution in [2.24, 2.45) is 5.92 Å². The highest BCUT2D eigenvalue weighted by Gasteiger charge is 2.34. The summed E-state index contributed by atoms with van der Waals surface area (Å²) in [7, 11) is 0. The van der Waals surface area contributed by atoms with Gasteiger partial charge in [0.1, 0.15) is 6.61 Å². The molecule has 2 saturated heterocycles. The average molecular weight is 297 g/mol. The van der Waals surface area contributed by atoms with Crippen LogP contribution in [0.15, 0.2) is 30.3 Å². The van der Waals surface area contributed by atoms with E-state index in [1.807, 2.05) is 35.2 Å². The number of nitrogens with one attached hydrogen (secondary N) is 1. The third-order valence-corrected chi connectivity index (χ3v) is 4.14. The number of ether oxygens (including phenoxy) is 1. The molecule has 1 N–H and O–H groups in total. The summed E-state index contributed by atoms with van der Waals surface area (Å²) in [4.78, 5) is 13.9. The van der Waals surface area contributed by atoms with Crippen LogP contribution in [0, 0.1) is 5.92 Å². The van der Waals surface area contributed by atoms with Gasteiger partial charge in [-0.1, -0.05) is 30.3 Å². The zero-order valence-electron chi connectivity index (χ0n) is 11.5. The van der Waals surface area contributed by atoms with Crippen molar-refractivity contribution in [1.82, 2.24) is 10.2 Å². The molecule has 0 aliphatic carbocycles. The van der Waals surface area contributed by atoms with Gasteiger partial charge in [-0.05, 0) is 30.9 Å². The van der Waals surface area contributed by atoms with Crippen molar-refractivity contribution < 1.29 is 9.53 Å². The molecule has 0 spiro atoms. The lowest BCUT2D eigenvalue weighted by Gasteiger charge is -2.34. The second kappa shape index (κ2) is 6.95. The molecule has 4 nitrogen and oxygen atoms in total. The van der Waals surface area contributed by atoms with E-state index in [0.717, 1.165) is 37.5 Å². The number of fused-ring (bicyclic) bond motifs is 1. The van der Waals surface area contributed by atoms with Gasteiger partial charge in [0.25, 0.3) is 0 Å². The first-order valence-corrected chi connectivity index (χ1v) is 7.02. The van der Waals surface area contributed by atoms with E-state index < -0.39 is 0 Å². The maximum absolute atomic E-state index is 12.0. The molecule has 3 rings (SSSR count). The Kier molecular flexibility index (Phi) is 5.26. The van der Waals surface area contributed by atoms with Crippen LogP contribution in [0.3, 0.4) is 0 Å². The molecule has 0 bridgehead atoms. The molecule has 2 aliphatic heterocycles. The molecule has 0 aromatic heterocycles. The number of rotatable bonds is 2. The Labute approximate surface area is 125 Å². The first kappa shape index (κ1) is 15.1. The number of halogens is 1. The van der Waals surface area contributed by atoms with Gasteiger partial charge >= 0.3 is 6.09 Å². The van der Waals surface area contributed by atoms with Crippen molar-refractivity contribution in [3.63, 3.8) is 0 Å². The minimum absolute atomic E-state index is 0. The highest BCUT2D eigenvalue weighted by atomic mass is 35.5. The summed E-state index contributed by atoms with van der Waals surface area (Å²) in [6, 6.07) is 10.3. The first-order valence-electron chi connectivity index (χ1n) is 7.02. The Bertz CT molecular complexity index is 441. The first-order chi connectivity index (χ1) is 9.33. The molecule has 1 amide bonds. The fourth-order valence-corrected chi connectivity index (χ4v) is 3.01. The van der Waals surface area contributed by atoms with E-state index in [0.29, 0.717) is 12.6 Å². The molecule has 5 heteroatoms. The Morgan fingerprint density at radius 3 is 2.90 bits per heavy atom. The van der Waals surface area contributed by atoms with E-state index in [2.05, 4.69) is 5.32 Å². The van der Waals surface area contributed by atoms with Crippen LogP contribution in [-0.2, 0) is 11.3 Å². The highest BCUT2D eigenvalue weighted by molar-refractivity contribution is 5.85. The molecule has 0 radical (unpaired) electrons. The van der Waals surface area contributed by atoms with Crippen molar-refractivity contribution in [3.8, 4) is 0 Å². The molecular formula is C15H21ClN2O2. The van der Waals surface area contributed by atoms with Crippen LogP contribution in [0.2, 0.25) is 0 Å². The second-order valence-corrected chi connectivity index (χ2v) is 5.38. The van der Waals surface area contributed by atoms with Gasteiger partial charge in [-0.3, -0.25) is 0 Å². The number of hydrogen-bond acceptors (Lipinski definition) is 3. The van der Waals surface area contributed by atoms with Crippen LogP contribution in [0.1, 0.15) is 18.4 Å². The number of piperidine rings is 1. The number of likely N-dealkylation sites (tertiary alicyclic amines) is 1. The minimum Gasteiger partial charge on any atom is -0.445 e. The summed E-state index contributed by atoms with van der Waals surface area (Å²) in [6.07, 6.45) is 2.16. The normalized spacial score (nSPS) is 24.7. The molecule has 0 unspecified atom stereocenters. The minimum atomic E-state index is -0.184. The van der Waals surface area contributed by atoms with Gasteiger partial charge in [0.2, 0.25) is 0 Å². The number of nitrogens with zero attached hydrogens (tertiary/aromatic N) is 1. The van der Waals surface area contributed by atoms with E-state index in [9.17, 15) is 4.79 Å². The fraction of sp³-hybridized carbons (Fsp3) is 0.533. The lowest BCUT2D eigenvalue weighted by molar-refractivity contribution is 0.0781. The van der Waals surface area contributed by atoms with Crippen LogP contribution in [0.4, 0.5) is 4.79 Å². The molecule has 0 saturated carbocycles. The SMILES string of the molecule is Cl.O=C(OCc1ccccc1)N1CC[C@H]2CCN[C@H]2C1. The fourth-order valence-electron chi connectivity index (χ4n) is 3.01. The lowest BCUT2D eigenvalue weighted by atomic mass is 9.93. The quantitative estimate of drug-likeness (QED) is 0.911. The predicted molar refractivity (Wildman–Crippen MR) is 80.0 cm³/mol. The lowest BCUT2D eigenvalue weighted by Crippen LogP contribution is -2.48. The van der Waals surface area contributed by atoms with E-state index >= 15 is 0 Å². The van der Waals surface area contributed by atoms with Crippen molar-refractivity contribution in [1.29, 1.82) is 0 Å². The molecule has 110 valence electrons. The molecule has 1 aromatic rings. The molecule has 2 aliphatic rings. The molecule has 2 heterocycles. The second-order valence-electron chi connectivity index (χ2n) is 5.38. The monoisotopic (exact) mass is 296 g/mol. The topological polar surface area (TPSA) is 41.6 Å². The number of carbonyl (C=O) groups excluding carboxylic acids is 1. The molecule has 2 fully saturated rings. The molecule has 20 heavy (non-hydrogen) atoms. The number of hydrogen-bond donors (Lipinski definition) is 1. The van der Waals surface area contributed by atoms with Gasteiger partial charge in [-0.25, -0.2) is 4.79 Å². The van der Waals surface area contributed by atoms with Gasteiger partial charge in [0, 0.05) is 19.1 Å². The third-order valence-electron chi connectivity index (χ3n) is 4.14. The molecule has 1 aromatic carbocycles. The van der Waals surface area contributed by atoms with Crippen molar-refractivity contribution in [2.45, 2.75) is 25.5 Å². The summed E-state index contributed by atoms with van der Waals surface area (Å²) in [5.74, 6) is 0.748. The summed E-state index contributed by atoms with van der Waals surface area (Å²) < 4.78 is 5.38. The maximum Gasteiger partial charge on any atom is 0.410 e. The van der Waals surface area contributed by atoms with Gasteiger partial charge in [0.15, 0.2) is 0 Å². The van der Waals surface area contributed by atoms with E-state index in [4.69, 9.17) is 4.74 Å². The van der Waals surface area contributed by atoms with Crippen LogP contribution < -0.4 is 5.32 Å². The van der Waals surface area contributed by atoms with Crippen molar-refractivity contribution >= 4 is 18.5 Å². The Morgan fingerprint density at radius 1 is 1.30 bits per heavy atom. The summed E-state index contributed by atoms with van der Waals surface area (Å²) in [5.41, 5.74) is 1.03. The zero-order chi connectivity index (χ0) is 13.1. The van der Waals surface area contributed by atoms with Gasteiger partial charge in [-0.2, -0.15) is 0 Å². The standard InChI is InChI=1S/C15H20N2O2.ClH/c18-15(19-11-12-4-2-1-3-5-12)17-9-7-13-6-8-16-14(13)10-17;/h1-5,13-14,16H,6-11H2;1H/t13-,14+;/m1./s1. The van der Waals surface area contributed by atoms with Crippen molar-refractivity contribution in [3.05, 3.63) is 35.9 Å². The maximum atomic E-state index is 12.0. The third kappa shape index (κ3) is 3.44. The highest BCUT2D eigenvalue weighted by Crippen LogP contribution is 2.25. The van der Waals surface area contributed by atoms with Crippen LogP contribution in [-0.4, -0.2) is 36.7 Å². The summed E-state index contributed by atoms with van der Waals surface area (Å²) >= 11 is 0. The van der Waals surface area contributed by atoms with Crippen molar-refractivity contribution in [2.75, 3.05) is 19.6 Å². The largest absolute Gasteiger partial charge is 0.445 e. The molecule has 2 atom stereocenters. The number of amides is 1. The van der Waals surface area contributed by atoms with E-state index in [1.54, 1.807) is 0 Å². The predicted octanol–water partition coefficient (Wildman–Crippen LogP) is 2.43. The van der Waals surface area contributed by atoms with Gasteiger partial charge < -0.3 is 15.0 Å². The van der Waals surface area contributed by atoms with E-state index in [-0.39, 0.29) is 18.5 Å². The Hall–Kier alpha value is -1.26. The molecular weight excluding hydrogens is 276 g/mol. The number of carbonyl (C=O) groups is 1. The van der Waals surface area contributed by atoms with Gasteiger partial charge in [0.05, 0.1) is 0 Å². The summed E-state index contributed by atoms with van der Waals surface area (Å²) in [6.45, 7) is 3.06. The average Bonchev–Trinajstić information content (AvgIpc) is 2.93. The zero-order valence-corrected chi connectivity index (χ0v) is 12.3. The van der Waals surface area contributed by atoms with Crippen LogP contribution in [0.25, 0.3) is 0 Å². The Morgan fingerprint density at radius 2 is 2.10 bits per heavy atom. The van der Waals surface area contributed by atoms with Gasteiger partial charge in [-0.15, -0.1) is 12.4 Å². The summed E-state index contributed by atoms with van der Waals surface area (Å²) in [5, 5.41) is 3.47. The van der Waals surface area contributed by atoms with Crippen LogP contribution >= 0.6 is 12.4 Å².